The molecule has 13 heteroatoms. The standard InChI is InChI=1S/C28H30F3N5O4S/c1-19(33-40-17-20-5-3-2-4-6-20)7-11-34-12-8-27(18-34)9-13-35(14-10-27)26-32-25(37)22-15-21(28(29,30)31)16-23(36(38)39)24(22)41-26/h2-6,15-16H,7-14,17-18H2,1H3/b33-19-. The SMILES string of the molecule is C/C(CCN1CCC2(CCN(c3nc(=O)c4cc(C(F)(F)F)cc([N+](=O)[O-])c4s3)CC2)C1)=N/OCc1ccccc1. The number of rotatable bonds is 8. The van der Waals surface area contributed by atoms with Crippen LogP contribution in [0.3, 0.4) is 0 Å². The van der Waals surface area contributed by atoms with Crippen molar-refractivity contribution in [2.75, 3.05) is 37.6 Å². The molecular formula is C28H30F3N5O4S. The maximum absolute atomic E-state index is 13.3. The number of piperidine rings is 1. The summed E-state index contributed by atoms with van der Waals surface area (Å²) in [6.07, 6.45) is -1.22. The molecule has 218 valence electrons. The number of halogens is 3. The summed E-state index contributed by atoms with van der Waals surface area (Å²) in [5.41, 5.74) is -0.713. The lowest BCUT2D eigenvalue weighted by molar-refractivity contribution is -0.383. The number of hydrogen-bond donors (Lipinski definition) is 0. The monoisotopic (exact) mass is 589 g/mol. The number of hydrogen-bond acceptors (Lipinski definition) is 9. The van der Waals surface area contributed by atoms with Gasteiger partial charge in [0.25, 0.3) is 11.2 Å². The number of aromatic nitrogens is 1. The highest BCUT2D eigenvalue weighted by molar-refractivity contribution is 7.22. The number of fused-ring (bicyclic) bond motifs is 1. The average molecular weight is 590 g/mol. The normalized spacial score (nSPS) is 17.9. The van der Waals surface area contributed by atoms with Gasteiger partial charge in [-0.1, -0.05) is 46.8 Å². The highest BCUT2D eigenvalue weighted by atomic mass is 32.1. The Kier molecular flexibility index (Phi) is 8.28. The van der Waals surface area contributed by atoms with Crippen LogP contribution in [-0.4, -0.2) is 53.2 Å². The van der Waals surface area contributed by atoms with Crippen LogP contribution in [0.15, 0.2) is 52.4 Å². The number of likely N-dealkylation sites (tertiary alicyclic amines) is 1. The summed E-state index contributed by atoms with van der Waals surface area (Å²) in [5.74, 6) is 0. The lowest BCUT2D eigenvalue weighted by Gasteiger charge is -2.39. The van der Waals surface area contributed by atoms with Crippen molar-refractivity contribution in [3.8, 4) is 0 Å². The van der Waals surface area contributed by atoms with Crippen LogP contribution in [0.1, 0.15) is 43.7 Å². The molecule has 2 fully saturated rings. The van der Waals surface area contributed by atoms with E-state index in [9.17, 15) is 28.1 Å². The van der Waals surface area contributed by atoms with Crippen LogP contribution in [0.2, 0.25) is 0 Å². The Labute approximate surface area is 238 Å². The molecule has 3 heterocycles. The van der Waals surface area contributed by atoms with Crippen molar-refractivity contribution in [3.63, 3.8) is 0 Å². The summed E-state index contributed by atoms with van der Waals surface area (Å²) in [5, 5.41) is 15.8. The fourth-order valence-corrected chi connectivity index (χ4v) is 6.65. The first-order chi connectivity index (χ1) is 19.5. The minimum absolute atomic E-state index is 0.0879. The summed E-state index contributed by atoms with van der Waals surface area (Å²) in [6.45, 7) is 6.44. The summed E-state index contributed by atoms with van der Waals surface area (Å²) in [4.78, 5) is 37.3. The zero-order valence-corrected chi connectivity index (χ0v) is 23.3. The van der Waals surface area contributed by atoms with E-state index in [4.69, 9.17) is 4.84 Å². The molecule has 0 bridgehead atoms. The molecule has 0 atom stereocenters. The van der Waals surface area contributed by atoms with Crippen molar-refractivity contribution >= 4 is 38.0 Å². The van der Waals surface area contributed by atoms with Gasteiger partial charge < -0.3 is 14.6 Å². The number of alkyl halides is 3. The molecule has 41 heavy (non-hydrogen) atoms. The fourth-order valence-electron chi connectivity index (χ4n) is 5.53. The summed E-state index contributed by atoms with van der Waals surface area (Å²) >= 11 is 0.900. The molecule has 1 aromatic heterocycles. The van der Waals surface area contributed by atoms with E-state index in [0.29, 0.717) is 37.0 Å². The molecule has 1 spiro atoms. The zero-order chi connectivity index (χ0) is 29.2. The van der Waals surface area contributed by atoms with E-state index >= 15 is 0 Å². The molecule has 2 aliphatic heterocycles. The smallest absolute Gasteiger partial charge is 0.391 e. The Morgan fingerprint density at radius 3 is 2.56 bits per heavy atom. The van der Waals surface area contributed by atoms with E-state index < -0.39 is 27.9 Å². The Morgan fingerprint density at radius 1 is 1.17 bits per heavy atom. The number of benzene rings is 2. The first kappa shape index (κ1) is 28.9. The quantitative estimate of drug-likeness (QED) is 0.184. The van der Waals surface area contributed by atoms with Crippen molar-refractivity contribution in [1.82, 2.24) is 9.88 Å². The van der Waals surface area contributed by atoms with Crippen molar-refractivity contribution in [2.24, 2.45) is 10.6 Å². The third-order valence-corrected chi connectivity index (χ3v) is 9.08. The number of nitro groups is 1. The van der Waals surface area contributed by atoms with Gasteiger partial charge in [0.05, 0.1) is 21.6 Å². The predicted molar refractivity (Wildman–Crippen MR) is 151 cm³/mol. The second-order valence-corrected chi connectivity index (χ2v) is 11.8. The average Bonchev–Trinajstić information content (AvgIpc) is 3.34. The molecule has 5 rings (SSSR count). The van der Waals surface area contributed by atoms with E-state index in [1.165, 1.54) is 0 Å². The van der Waals surface area contributed by atoms with Crippen molar-refractivity contribution in [1.29, 1.82) is 0 Å². The predicted octanol–water partition coefficient (Wildman–Crippen LogP) is 5.86. The zero-order valence-electron chi connectivity index (χ0n) is 22.5. The molecule has 0 N–H and O–H groups in total. The molecule has 2 aliphatic rings. The summed E-state index contributed by atoms with van der Waals surface area (Å²) in [6, 6.07) is 11.0. The van der Waals surface area contributed by atoms with Gasteiger partial charge in [-0.3, -0.25) is 14.9 Å². The van der Waals surface area contributed by atoms with E-state index in [1.54, 1.807) is 0 Å². The number of nitrogens with zero attached hydrogens (tertiary/aromatic N) is 5. The van der Waals surface area contributed by atoms with Gasteiger partial charge in [0.1, 0.15) is 11.3 Å². The van der Waals surface area contributed by atoms with Crippen molar-refractivity contribution in [3.05, 3.63) is 74.1 Å². The molecule has 0 amide bonds. The molecule has 0 unspecified atom stereocenters. The molecule has 2 saturated heterocycles. The van der Waals surface area contributed by atoms with Crippen molar-refractivity contribution in [2.45, 2.75) is 45.4 Å². The summed E-state index contributed by atoms with van der Waals surface area (Å²) in [7, 11) is 0. The molecule has 3 aromatic rings. The molecule has 0 radical (unpaired) electrons. The van der Waals surface area contributed by atoms with Gasteiger partial charge in [-0.25, -0.2) is 0 Å². The van der Waals surface area contributed by atoms with Gasteiger partial charge in [0, 0.05) is 38.7 Å². The van der Waals surface area contributed by atoms with Crippen molar-refractivity contribution < 1.29 is 22.9 Å². The van der Waals surface area contributed by atoms with Gasteiger partial charge in [0.15, 0.2) is 5.13 Å². The van der Waals surface area contributed by atoms with Crippen LogP contribution < -0.4 is 10.5 Å². The lowest BCUT2D eigenvalue weighted by atomic mass is 9.78. The maximum atomic E-state index is 13.3. The number of oxime groups is 1. The molecule has 9 nitrogen and oxygen atoms in total. The number of anilines is 1. The van der Waals surface area contributed by atoms with Gasteiger partial charge >= 0.3 is 6.18 Å². The molecule has 0 saturated carbocycles. The van der Waals surface area contributed by atoms with E-state index in [-0.39, 0.29) is 15.5 Å². The minimum Gasteiger partial charge on any atom is -0.391 e. The van der Waals surface area contributed by atoms with Crippen LogP contribution in [0, 0.1) is 15.5 Å². The highest BCUT2D eigenvalue weighted by Crippen LogP contribution is 2.43. The minimum atomic E-state index is -4.81. The molecule has 0 aliphatic carbocycles. The van der Waals surface area contributed by atoms with Crippen LogP contribution in [-0.2, 0) is 17.6 Å². The van der Waals surface area contributed by atoms with Crippen LogP contribution in [0.4, 0.5) is 24.0 Å². The number of nitro benzene ring substituents is 1. The van der Waals surface area contributed by atoms with Gasteiger partial charge in [-0.05, 0) is 49.8 Å². The third kappa shape index (κ3) is 6.67. The largest absolute Gasteiger partial charge is 0.416 e. The third-order valence-electron chi connectivity index (χ3n) is 7.91. The second kappa shape index (κ2) is 11.7. The molecular weight excluding hydrogens is 559 g/mol. The van der Waals surface area contributed by atoms with Gasteiger partial charge in [-0.15, -0.1) is 0 Å². The first-order valence-corrected chi connectivity index (χ1v) is 14.2. The fraction of sp³-hybridized carbons (Fsp3) is 0.464. The maximum Gasteiger partial charge on any atom is 0.416 e. The van der Waals surface area contributed by atoms with Gasteiger partial charge in [-0.2, -0.15) is 18.2 Å². The second-order valence-electron chi connectivity index (χ2n) is 10.8. The van der Waals surface area contributed by atoms with E-state index in [0.717, 1.165) is 67.9 Å². The van der Waals surface area contributed by atoms with E-state index in [1.807, 2.05) is 42.2 Å². The topological polar surface area (TPSA) is 101 Å². The molecule has 2 aromatic carbocycles. The lowest BCUT2D eigenvalue weighted by Crippen LogP contribution is -2.42. The Bertz CT molecular complexity index is 1500. The number of non-ortho nitro benzene ring substituents is 1. The Morgan fingerprint density at radius 2 is 1.88 bits per heavy atom. The Balaban J connectivity index is 1.19. The van der Waals surface area contributed by atoms with Crippen LogP contribution in [0.25, 0.3) is 10.1 Å². The first-order valence-electron chi connectivity index (χ1n) is 13.4. The highest BCUT2D eigenvalue weighted by Gasteiger charge is 2.41. The Hall–Kier alpha value is -3.58. The van der Waals surface area contributed by atoms with Gasteiger partial charge in [0.2, 0.25) is 0 Å². The van der Waals surface area contributed by atoms with E-state index in [2.05, 4.69) is 15.0 Å². The summed E-state index contributed by atoms with van der Waals surface area (Å²) < 4.78 is 39.7. The van der Waals surface area contributed by atoms with Crippen LogP contribution >= 0.6 is 11.3 Å². The van der Waals surface area contributed by atoms with Crippen LogP contribution in [0.5, 0.6) is 0 Å².